The summed E-state index contributed by atoms with van der Waals surface area (Å²) in [5, 5.41) is 10.1. The molecule has 0 aliphatic carbocycles. The number of halogens is 3. The third-order valence-electron chi connectivity index (χ3n) is 6.77. The first-order valence-corrected chi connectivity index (χ1v) is 12.8. The number of nitrogens with zero attached hydrogens (tertiary/aromatic N) is 5. The highest BCUT2D eigenvalue weighted by molar-refractivity contribution is 7.09. The van der Waals surface area contributed by atoms with E-state index in [9.17, 15) is 18.0 Å². The largest absolute Gasteiger partial charge is 0.435 e. The third kappa shape index (κ3) is 5.02. The van der Waals surface area contributed by atoms with Gasteiger partial charge in [-0.05, 0) is 38.3 Å². The van der Waals surface area contributed by atoms with Gasteiger partial charge in [0.25, 0.3) is 0 Å². The Bertz CT molecular complexity index is 1260. The average molecular weight is 517 g/mol. The molecule has 11 heteroatoms. The number of hydrogen-bond donors (Lipinski definition) is 1. The molecule has 1 fully saturated rings. The minimum Gasteiger partial charge on any atom is -0.364 e. The minimum absolute atomic E-state index is 0.0474. The Morgan fingerprint density at radius 1 is 1.19 bits per heavy atom. The lowest BCUT2D eigenvalue weighted by Crippen LogP contribution is -2.40. The molecule has 2 atom stereocenters. The van der Waals surface area contributed by atoms with Gasteiger partial charge in [0.1, 0.15) is 18.1 Å². The maximum Gasteiger partial charge on any atom is 0.435 e. The zero-order valence-electron chi connectivity index (χ0n) is 20.0. The average Bonchev–Trinajstić information content (AvgIpc) is 3.58. The number of rotatable bonds is 5. The first kappa shape index (κ1) is 24.5. The summed E-state index contributed by atoms with van der Waals surface area (Å²) in [4.78, 5) is 24.2. The molecule has 1 aromatic carbocycles. The summed E-state index contributed by atoms with van der Waals surface area (Å²) in [6.45, 7) is 4.52. The summed E-state index contributed by atoms with van der Waals surface area (Å²) in [5.74, 6) is 0.818. The quantitative estimate of drug-likeness (QED) is 0.540. The number of piperidine rings is 1. The van der Waals surface area contributed by atoms with Gasteiger partial charge in [0.2, 0.25) is 5.91 Å². The van der Waals surface area contributed by atoms with Crippen LogP contribution in [0.15, 0.2) is 46.8 Å². The highest BCUT2D eigenvalue weighted by Crippen LogP contribution is 2.33. The molecule has 0 spiro atoms. The second-order valence-corrected chi connectivity index (χ2v) is 10.2. The maximum atomic E-state index is 12.9. The van der Waals surface area contributed by atoms with Gasteiger partial charge >= 0.3 is 6.18 Å². The number of aryl methyl sites for hydroxylation is 1. The number of amidine groups is 1. The van der Waals surface area contributed by atoms with E-state index in [0.717, 1.165) is 40.1 Å². The molecule has 3 aromatic rings. The molecule has 7 nitrogen and oxygen atoms in total. The van der Waals surface area contributed by atoms with Gasteiger partial charge in [0, 0.05) is 30.1 Å². The van der Waals surface area contributed by atoms with Crippen molar-refractivity contribution in [1.82, 2.24) is 25.0 Å². The Morgan fingerprint density at radius 3 is 2.58 bits per heavy atom. The van der Waals surface area contributed by atoms with Crippen molar-refractivity contribution >= 4 is 23.1 Å². The predicted octanol–water partition coefficient (Wildman–Crippen LogP) is 4.55. The van der Waals surface area contributed by atoms with Gasteiger partial charge in [-0.2, -0.15) is 18.3 Å². The van der Waals surface area contributed by atoms with Crippen LogP contribution in [0.1, 0.15) is 59.4 Å². The smallest absolute Gasteiger partial charge is 0.364 e. The highest BCUT2D eigenvalue weighted by atomic mass is 32.1. The van der Waals surface area contributed by atoms with E-state index in [-0.39, 0.29) is 30.5 Å². The van der Waals surface area contributed by atoms with Gasteiger partial charge in [-0.25, -0.2) is 4.98 Å². The molecular formula is C25H27F3N6OS. The van der Waals surface area contributed by atoms with Crippen molar-refractivity contribution in [2.45, 2.75) is 57.4 Å². The summed E-state index contributed by atoms with van der Waals surface area (Å²) < 4.78 is 39.8. The van der Waals surface area contributed by atoms with Crippen LogP contribution in [0.2, 0.25) is 0 Å². The molecule has 0 radical (unpaired) electrons. The van der Waals surface area contributed by atoms with E-state index >= 15 is 0 Å². The van der Waals surface area contributed by atoms with E-state index in [4.69, 9.17) is 9.98 Å². The number of thiazole rings is 1. The summed E-state index contributed by atoms with van der Waals surface area (Å²) in [7, 11) is 0. The van der Waals surface area contributed by atoms with Crippen LogP contribution in [0.5, 0.6) is 0 Å². The van der Waals surface area contributed by atoms with Crippen LogP contribution in [-0.2, 0) is 17.5 Å². The zero-order chi connectivity index (χ0) is 25.4. The normalized spacial score (nSPS) is 20.9. The lowest BCUT2D eigenvalue weighted by atomic mass is 9.97. The predicted molar refractivity (Wildman–Crippen MR) is 131 cm³/mol. The number of carbonyl (C=O) groups is 1. The molecular weight excluding hydrogens is 489 g/mol. The topological polar surface area (TPSA) is 75.4 Å². The van der Waals surface area contributed by atoms with Crippen molar-refractivity contribution in [2.24, 2.45) is 4.99 Å². The summed E-state index contributed by atoms with van der Waals surface area (Å²) in [6.07, 6.45) is -3.01. The number of aromatic nitrogens is 3. The van der Waals surface area contributed by atoms with Crippen LogP contribution >= 0.6 is 11.3 Å². The summed E-state index contributed by atoms with van der Waals surface area (Å²) in [5.41, 5.74) is 1.35. The van der Waals surface area contributed by atoms with E-state index in [0.29, 0.717) is 18.8 Å². The molecule has 36 heavy (non-hydrogen) atoms. The fourth-order valence-electron chi connectivity index (χ4n) is 4.73. The Kier molecular flexibility index (Phi) is 6.59. The molecule has 1 amide bonds. The number of benzene rings is 1. The van der Waals surface area contributed by atoms with E-state index < -0.39 is 11.9 Å². The lowest BCUT2D eigenvalue weighted by molar-refractivity contribution is -0.142. The fourth-order valence-corrected chi connectivity index (χ4v) is 5.71. The van der Waals surface area contributed by atoms with Crippen molar-refractivity contribution in [3.63, 3.8) is 0 Å². The van der Waals surface area contributed by atoms with E-state index in [2.05, 4.69) is 29.5 Å². The van der Waals surface area contributed by atoms with Gasteiger partial charge in [-0.3, -0.25) is 14.5 Å². The minimum atomic E-state index is -4.52. The number of carbonyl (C=O) groups excluding carboxylic acids is 1. The number of nitrogens with one attached hydrogen (secondary N) is 1. The molecule has 5 rings (SSSR count). The van der Waals surface area contributed by atoms with E-state index in [1.165, 1.54) is 12.5 Å². The summed E-state index contributed by atoms with van der Waals surface area (Å²) in [6, 6.07) is 11.4. The van der Waals surface area contributed by atoms with Crippen molar-refractivity contribution in [3.8, 4) is 0 Å². The van der Waals surface area contributed by atoms with Crippen LogP contribution in [0.4, 0.5) is 13.2 Å². The summed E-state index contributed by atoms with van der Waals surface area (Å²) >= 11 is 1.60. The van der Waals surface area contributed by atoms with Gasteiger partial charge in [-0.1, -0.05) is 30.3 Å². The van der Waals surface area contributed by atoms with Gasteiger partial charge in [0.15, 0.2) is 5.69 Å². The monoisotopic (exact) mass is 516 g/mol. The van der Waals surface area contributed by atoms with Crippen LogP contribution in [-0.4, -0.2) is 50.5 Å². The Balaban J connectivity index is 1.19. The van der Waals surface area contributed by atoms with Crippen LogP contribution in [0, 0.1) is 6.92 Å². The third-order valence-corrected chi connectivity index (χ3v) is 7.77. The molecule has 2 aliphatic rings. The Hall–Kier alpha value is -3.21. The number of hydrogen-bond acceptors (Lipinski definition) is 6. The number of likely N-dealkylation sites (tertiary alicyclic amines) is 1. The number of aliphatic imine (C=N–C) groups is 1. The van der Waals surface area contributed by atoms with Crippen LogP contribution in [0.25, 0.3) is 0 Å². The van der Waals surface area contributed by atoms with E-state index in [1.807, 2.05) is 23.6 Å². The van der Waals surface area contributed by atoms with Gasteiger partial charge in [0.05, 0.1) is 17.1 Å². The van der Waals surface area contributed by atoms with Crippen molar-refractivity contribution in [1.29, 1.82) is 0 Å². The fraction of sp³-hybridized carbons (Fsp3) is 0.440. The highest BCUT2D eigenvalue weighted by Gasteiger charge is 2.35. The van der Waals surface area contributed by atoms with Crippen LogP contribution < -0.4 is 5.32 Å². The first-order chi connectivity index (χ1) is 17.2. The Morgan fingerprint density at radius 2 is 1.92 bits per heavy atom. The van der Waals surface area contributed by atoms with Gasteiger partial charge in [-0.15, -0.1) is 11.3 Å². The molecule has 0 bridgehead atoms. The molecule has 1 N–H and O–H groups in total. The van der Waals surface area contributed by atoms with Crippen molar-refractivity contribution in [2.75, 3.05) is 13.1 Å². The lowest BCUT2D eigenvalue weighted by Gasteiger charge is -2.31. The number of amides is 1. The standard InChI is InChI=1S/C25H27F3N6OS/c1-15-12-20(25(26,27)28)32-34(15)13-21(35)33-10-8-18(9-11-33)24-30-19(14-36-24)23-29-16(2)22(31-23)17-6-4-3-5-7-17/h3-7,12,14,16,18,22H,8-11,13H2,1-2H3,(H,29,31). The number of alkyl halides is 3. The first-order valence-electron chi connectivity index (χ1n) is 11.9. The van der Waals surface area contributed by atoms with Crippen molar-refractivity contribution < 1.29 is 18.0 Å². The molecule has 190 valence electrons. The molecule has 2 aliphatic heterocycles. The SMILES string of the molecule is Cc1cc(C(F)(F)F)nn1CC(=O)N1CCC(c2nc(C3=NC(c4ccccc4)C(C)N3)cs2)CC1. The molecule has 1 saturated heterocycles. The molecule has 0 saturated carbocycles. The second kappa shape index (κ2) is 9.68. The molecule has 2 unspecified atom stereocenters. The molecule has 4 heterocycles. The second-order valence-electron chi connectivity index (χ2n) is 9.32. The zero-order valence-corrected chi connectivity index (χ0v) is 20.8. The van der Waals surface area contributed by atoms with Crippen LogP contribution in [0.3, 0.4) is 0 Å². The van der Waals surface area contributed by atoms with E-state index in [1.54, 1.807) is 16.2 Å². The Labute approximate surface area is 211 Å². The van der Waals surface area contributed by atoms with Crippen molar-refractivity contribution in [3.05, 3.63) is 69.4 Å². The molecule has 2 aromatic heterocycles. The maximum absolute atomic E-state index is 12.9. The van der Waals surface area contributed by atoms with Gasteiger partial charge < -0.3 is 10.2 Å².